The van der Waals surface area contributed by atoms with Crippen LogP contribution in [0.1, 0.15) is 10.4 Å². The third-order valence-electron chi connectivity index (χ3n) is 2.50. The molecular formula is C14H15Br2NOS. The van der Waals surface area contributed by atoms with Crippen LogP contribution in [0.5, 0.6) is 0 Å². The first-order valence-electron chi connectivity index (χ1n) is 6.00. The molecule has 0 spiro atoms. The van der Waals surface area contributed by atoms with E-state index in [1.807, 2.05) is 12.1 Å². The molecule has 2 aromatic rings. The Bertz CT molecular complexity index is 516. The van der Waals surface area contributed by atoms with E-state index < -0.39 is 0 Å². The fourth-order valence-electron chi connectivity index (χ4n) is 1.62. The minimum Gasteiger partial charge on any atom is -0.375 e. The molecule has 0 aliphatic rings. The van der Waals surface area contributed by atoms with Crippen molar-refractivity contribution in [2.75, 3.05) is 13.2 Å². The highest BCUT2D eigenvalue weighted by Crippen LogP contribution is 2.19. The van der Waals surface area contributed by atoms with Crippen molar-refractivity contribution in [1.29, 1.82) is 0 Å². The fourth-order valence-corrected chi connectivity index (χ4v) is 3.49. The average molecular weight is 405 g/mol. The van der Waals surface area contributed by atoms with Gasteiger partial charge < -0.3 is 10.1 Å². The maximum atomic E-state index is 5.63. The van der Waals surface area contributed by atoms with E-state index in [1.165, 1.54) is 10.4 Å². The van der Waals surface area contributed by atoms with E-state index >= 15 is 0 Å². The Morgan fingerprint density at radius 3 is 2.79 bits per heavy atom. The highest BCUT2D eigenvalue weighted by Gasteiger charge is 1.97. The predicted octanol–water partition coefficient (Wildman–Crippen LogP) is 4.58. The molecule has 1 aromatic carbocycles. The van der Waals surface area contributed by atoms with E-state index in [9.17, 15) is 0 Å². The Hall–Kier alpha value is -0.200. The molecule has 0 aliphatic heterocycles. The molecule has 0 radical (unpaired) electrons. The summed E-state index contributed by atoms with van der Waals surface area (Å²) in [4.78, 5) is 1.33. The molecule has 0 saturated heterocycles. The number of nitrogens with one attached hydrogen (secondary N) is 1. The van der Waals surface area contributed by atoms with Crippen LogP contribution in [-0.4, -0.2) is 13.2 Å². The number of hydrogen-bond acceptors (Lipinski definition) is 3. The molecule has 0 fully saturated rings. The van der Waals surface area contributed by atoms with Crippen molar-refractivity contribution in [2.24, 2.45) is 0 Å². The summed E-state index contributed by atoms with van der Waals surface area (Å²) in [7, 11) is 0. The zero-order chi connectivity index (χ0) is 13.5. The van der Waals surface area contributed by atoms with E-state index in [4.69, 9.17) is 4.74 Å². The molecule has 102 valence electrons. The van der Waals surface area contributed by atoms with Gasteiger partial charge in [-0.3, -0.25) is 0 Å². The monoisotopic (exact) mass is 403 g/mol. The molecule has 19 heavy (non-hydrogen) atoms. The molecule has 0 amide bonds. The van der Waals surface area contributed by atoms with Crippen molar-refractivity contribution in [3.05, 3.63) is 55.1 Å². The zero-order valence-electron chi connectivity index (χ0n) is 10.4. The van der Waals surface area contributed by atoms with Crippen LogP contribution >= 0.6 is 43.2 Å². The van der Waals surface area contributed by atoms with Crippen molar-refractivity contribution in [3.63, 3.8) is 0 Å². The fraction of sp³-hybridized carbons (Fsp3) is 0.286. The van der Waals surface area contributed by atoms with E-state index in [0.29, 0.717) is 6.61 Å². The molecule has 0 bridgehead atoms. The molecule has 0 aliphatic carbocycles. The van der Waals surface area contributed by atoms with E-state index in [-0.39, 0.29) is 0 Å². The van der Waals surface area contributed by atoms with Gasteiger partial charge in [0.25, 0.3) is 0 Å². The van der Waals surface area contributed by atoms with E-state index in [0.717, 1.165) is 28.6 Å². The lowest BCUT2D eigenvalue weighted by atomic mass is 10.2. The third-order valence-corrected chi connectivity index (χ3v) is 4.69. The van der Waals surface area contributed by atoms with Gasteiger partial charge in [0.2, 0.25) is 0 Å². The maximum Gasteiger partial charge on any atom is 0.0717 e. The summed E-state index contributed by atoms with van der Waals surface area (Å²) in [6, 6.07) is 10.3. The van der Waals surface area contributed by atoms with Crippen LogP contribution in [0.25, 0.3) is 0 Å². The number of halogens is 2. The van der Waals surface area contributed by atoms with Crippen molar-refractivity contribution >= 4 is 43.2 Å². The van der Waals surface area contributed by atoms with Gasteiger partial charge >= 0.3 is 0 Å². The minimum absolute atomic E-state index is 0.658. The number of thiophene rings is 1. The predicted molar refractivity (Wildman–Crippen MR) is 87.5 cm³/mol. The lowest BCUT2D eigenvalue weighted by molar-refractivity contribution is 0.122. The van der Waals surface area contributed by atoms with Crippen molar-refractivity contribution in [1.82, 2.24) is 5.32 Å². The van der Waals surface area contributed by atoms with Crippen LogP contribution in [0, 0.1) is 0 Å². The largest absolute Gasteiger partial charge is 0.375 e. The second-order valence-corrected chi connectivity index (χ2v) is 6.92. The minimum atomic E-state index is 0.658. The third kappa shape index (κ3) is 5.75. The molecule has 2 rings (SSSR count). The van der Waals surface area contributed by atoms with E-state index in [2.05, 4.69) is 60.8 Å². The molecule has 1 N–H and O–H groups in total. The van der Waals surface area contributed by atoms with Crippen molar-refractivity contribution in [2.45, 2.75) is 13.2 Å². The van der Waals surface area contributed by atoms with Crippen LogP contribution in [-0.2, 0) is 17.9 Å². The van der Waals surface area contributed by atoms with Crippen LogP contribution in [0.3, 0.4) is 0 Å². The standard InChI is InChI=1S/C14H15Br2NOS/c15-12-3-1-2-11(6-12)9-18-5-4-17-8-14-7-13(16)10-19-14/h1-3,6-7,10,17H,4-5,8-9H2. The Balaban J connectivity index is 1.57. The first-order chi connectivity index (χ1) is 9.24. The van der Waals surface area contributed by atoms with Crippen LogP contribution < -0.4 is 5.32 Å². The summed E-state index contributed by atoms with van der Waals surface area (Å²) < 4.78 is 7.87. The second kappa shape index (κ2) is 8.17. The SMILES string of the molecule is Brc1cccc(COCCNCc2cc(Br)cs2)c1. The first-order valence-corrected chi connectivity index (χ1v) is 8.46. The Morgan fingerprint density at radius 2 is 2.05 bits per heavy atom. The van der Waals surface area contributed by atoms with Gasteiger partial charge in [-0.25, -0.2) is 0 Å². The van der Waals surface area contributed by atoms with Crippen LogP contribution in [0.15, 0.2) is 44.7 Å². The number of hydrogen-bond donors (Lipinski definition) is 1. The van der Waals surface area contributed by atoms with Crippen molar-refractivity contribution in [3.8, 4) is 0 Å². The zero-order valence-corrected chi connectivity index (χ0v) is 14.4. The molecule has 0 atom stereocenters. The van der Waals surface area contributed by atoms with Gasteiger partial charge in [-0.05, 0) is 39.7 Å². The summed E-state index contributed by atoms with van der Waals surface area (Å²) >= 11 is 8.66. The summed E-state index contributed by atoms with van der Waals surface area (Å²) in [6.07, 6.45) is 0. The summed E-state index contributed by atoms with van der Waals surface area (Å²) in [6.45, 7) is 3.14. The molecule has 5 heteroatoms. The second-order valence-electron chi connectivity index (χ2n) is 4.09. The number of benzene rings is 1. The molecule has 1 aromatic heterocycles. The van der Waals surface area contributed by atoms with Gasteiger partial charge in [0.1, 0.15) is 0 Å². The molecular weight excluding hydrogens is 390 g/mol. The quantitative estimate of drug-likeness (QED) is 0.682. The Labute approximate surface area is 134 Å². The van der Waals surface area contributed by atoms with Gasteiger partial charge in [-0.15, -0.1) is 11.3 Å². The average Bonchev–Trinajstić information content (AvgIpc) is 2.79. The van der Waals surface area contributed by atoms with Gasteiger partial charge in [0.05, 0.1) is 13.2 Å². The smallest absolute Gasteiger partial charge is 0.0717 e. The van der Waals surface area contributed by atoms with Crippen LogP contribution in [0.4, 0.5) is 0 Å². The number of ether oxygens (including phenoxy) is 1. The van der Waals surface area contributed by atoms with Gasteiger partial charge in [-0.2, -0.15) is 0 Å². The van der Waals surface area contributed by atoms with Gasteiger partial charge in [-0.1, -0.05) is 28.1 Å². The van der Waals surface area contributed by atoms with E-state index in [1.54, 1.807) is 11.3 Å². The summed E-state index contributed by atoms with van der Waals surface area (Å²) in [5, 5.41) is 5.47. The lowest BCUT2D eigenvalue weighted by Gasteiger charge is -2.06. The normalized spacial score (nSPS) is 10.8. The maximum absolute atomic E-state index is 5.63. The molecule has 0 saturated carbocycles. The van der Waals surface area contributed by atoms with Gasteiger partial charge in [0, 0.05) is 32.3 Å². The summed E-state index contributed by atoms with van der Waals surface area (Å²) in [5.74, 6) is 0. The highest BCUT2D eigenvalue weighted by molar-refractivity contribution is 9.10. The Morgan fingerprint density at radius 1 is 1.16 bits per heavy atom. The highest BCUT2D eigenvalue weighted by atomic mass is 79.9. The molecule has 2 nitrogen and oxygen atoms in total. The topological polar surface area (TPSA) is 21.3 Å². The first kappa shape index (κ1) is 15.2. The summed E-state index contributed by atoms with van der Waals surface area (Å²) in [5.41, 5.74) is 1.19. The molecule has 0 unspecified atom stereocenters. The van der Waals surface area contributed by atoms with Gasteiger partial charge in [0.15, 0.2) is 0 Å². The lowest BCUT2D eigenvalue weighted by Crippen LogP contribution is -2.18. The van der Waals surface area contributed by atoms with Crippen LogP contribution in [0.2, 0.25) is 0 Å². The molecule has 1 heterocycles. The van der Waals surface area contributed by atoms with Crippen molar-refractivity contribution < 1.29 is 4.74 Å². The Kier molecular flexibility index (Phi) is 6.53. The number of rotatable bonds is 7.